The Balaban J connectivity index is 2.26. The maximum atomic E-state index is 3.62. The second kappa shape index (κ2) is 9.02. The van der Waals surface area contributed by atoms with Crippen molar-refractivity contribution >= 4 is 5.69 Å². The summed E-state index contributed by atoms with van der Waals surface area (Å²) in [5.74, 6) is 0. The molecule has 0 aromatic heterocycles. The van der Waals surface area contributed by atoms with Crippen LogP contribution >= 0.6 is 0 Å². The molecule has 1 aromatic carbocycles. The predicted molar refractivity (Wildman–Crippen MR) is 82.4 cm³/mol. The minimum Gasteiger partial charge on any atom is -0.385 e. The number of hydrogen-bond acceptors (Lipinski definition) is 1. The highest BCUT2D eigenvalue weighted by Crippen LogP contribution is 2.21. The maximum Gasteiger partial charge on any atom is 0.0402 e. The standard InChI is InChI=1S/C17H29N/c1-4-6-7-8-9-10-14-18-17-15(3)12-11-13-16(17)5-2/h11-13,18H,4-10,14H2,1-3H3. The molecule has 0 heterocycles. The van der Waals surface area contributed by atoms with Gasteiger partial charge in [0.1, 0.15) is 0 Å². The monoisotopic (exact) mass is 247 g/mol. The van der Waals surface area contributed by atoms with Gasteiger partial charge in [-0.1, -0.05) is 64.2 Å². The Morgan fingerprint density at radius 1 is 0.944 bits per heavy atom. The van der Waals surface area contributed by atoms with Crippen LogP contribution in [0, 0.1) is 6.92 Å². The molecule has 0 amide bonds. The van der Waals surface area contributed by atoms with Crippen LogP contribution in [0.3, 0.4) is 0 Å². The molecule has 0 saturated carbocycles. The summed E-state index contributed by atoms with van der Waals surface area (Å²) in [5.41, 5.74) is 4.19. The molecule has 1 nitrogen and oxygen atoms in total. The zero-order valence-electron chi connectivity index (χ0n) is 12.4. The Morgan fingerprint density at radius 3 is 2.39 bits per heavy atom. The smallest absolute Gasteiger partial charge is 0.0402 e. The molecule has 1 aromatic rings. The SMILES string of the molecule is CCCCCCCCNc1c(C)cccc1CC. The summed E-state index contributed by atoms with van der Waals surface area (Å²) < 4.78 is 0. The number of unbranched alkanes of at least 4 members (excludes halogenated alkanes) is 5. The average molecular weight is 247 g/mol. The van der Waals surface area contributed by atoms with Gasteiger partial charge in [-0.05, 0) is 30.9 Å². The highest BCUT2D eigenvalue weighted by molar-refractivity contribution is 5.57. The van der Waals surface area contributed by atoms with Gasteiger partial charge in [0.25, 0.3) is 0 Å². The Bertz CT molecular complexity index is 330. The minimum atomic E-state index is 1.11. The van der Waals surface area contributed by atoms with Crippen molar-refractivity contribution in [2.45, 2.75) is 65.7 Å². The van der Waals surface area contributed by atoms with E-state index in [1.165, 1.54) is 55.3 Å². The zero-order chi connectivity index (χ0) is 13.2. The van der Waals surface area contributed by atoms with Crippen LogP contribution in [0.2, 0.25) is 0 Å². The second-order valence-electron chi connectivity index (χ2n) is 5.16. The molecule has 1 N–H and O–H groups in total. The number of anilines is 1. The number of nitrogens with one attached hydrogen (secondary N) is 1. The largest absolute Gasteiger partial charge is 0.385 e. The van der Waals surface area contributed by atoms with Gasteiger partial charge < -0.3 is 5.32 Å². The topological polar surface area (TPSA) is 12.0 Å². The third-order valence-electron chi connectivity index (χ3n) is 3.57. The van der Waals surface area contributed by atoms with Crippen molar-refractivity contribution in [1.29, 1.82) is 0 Å². The van der Waals surface area contributed by atoms with E-state index in [0.717, 1.165) is 13.0 Å². The van der Waals surface area contributed by atoms with E-state index < -0.39 is 0 Å². The van der Waals surface area contributed by atoms with E-state index in [1.54, 1.807) is 0 Å². The van der Waals surface area contributed by atoms with Crippen molar-refractivity contribution in [1.82, 2.24) is 0 Å². The summed E-state index contributed by atoms with van der Waals surface area (Å²) in [6.07, 6.45) is 9.29. The van der Waals surface area contributed by atoms with Crippen LogP contribution in [-0.4, -0.2) is 6.54 Å². The second-order valence-corrected chi connectivity index (χ2v) is 5.16. The molecule has 102 valence electrons. The summed E-state index contributed by atoms with van der Waals surface area (Å²) in [7, 11) is 0. The van der Waals surface area contributed by atoms with Crippen LogP contribution in [0.5, 0.6) is 0 Å². The van der Waals surface area contributed by atoms with Gasteiger partial charge in [0.05, 0.1) is 0 Å². The molecule has 1 heteroatoms. The zero-order valence-corrected chi connectivity index (χ0v) is 12.4. The molecule has 1 rings (SSSR count). The van der Waals surface area contributed by atoms with Gasteiger partial charge in [-0.15, -0.1) is 0 Å². The molecule has 0 spiro atoms. The number of aryl methyl sites for hydroxylation is 2. The van der Waals surface area contributed by atoms with Gasteiger partial charge in [0, 0.05) is 12.2 Å². The molecule has 0 bridgehead atoms. The average Bonchev–Trinajstić information content (AvgIpc) is 2.39. The first-order valence-electron chi connectivity index (χ1n) is 7.62. The summed E-state index contributed by atoms with van der Waals surface area (Å²) in [4.78, 5) is 0. The summed E-state index contributed by atoms with van der Waals surface area (Å²) in [5, 5.41) is 3.62. The first-order valence-corrected chi connectivity index (χ1v) is 7.62. The quantitative estimate of drug-likeness (QED) is 0.582. The molecular weight excluding hydrogens is 218 g/mol. The van der Waals surface area contributed by atoms with Crippen LogP contribution in [0.4, 0.5) is 5.69 Å². The minimum absolute atomic E-state index is 1.11. The maximum absolute atomic E-state index is 3.62. The van der Waals surface area contributed by atoms with Crippen molar-refractivity contribution in [2.75, 3.05) is 11.9 Å². The van der Waals surface area contributed by atoms with E-state index >= 15 is 0 Å². The predicted octanol–water partition coefficient (Wildman–Crippen LogP) is 5.33. The van der Waals surface area contributed by atoms with Crippen LogP contribution in [-0.2, 0) is 6.42 Å². The molecular formula is C17H29N. The first-order chi connectivity index (χ1) is 8.79. The van der Waals surface area contributed by atoms with E-state index in [1.807, 2.05) is 0 Å². The third-order valence-corrected chi connectivity index (χ3v) is 3.57. The van der Waals surface area contributed by atoms with Crippen LogP contribution < -0.4 is 5.32 Å². The highest BCUT2D eigenvalue weighted by Gasteiger charge is 2.02. The highest BCUT2D eigenvalue weighted by atomic mass is 14.9. The van der Waals surface area contributed by atoms with Gasteiger partial charge in [-0.25, -0.2) is 0 Å². The van der Waals surface area contributed by atoms with Gasteiger partial charge >= 0.3 is 0 Å². The lowest BCUT2D eigenvalue weighted by Crippen LogP contribution is -2.05. The molecule has 0 aliphatic rings. The van der Waals surface area contributed by atoms with Crippen LogP contribution in [0.1, 0.15) is 63.5 Å². The number of hydrogen-bond donors (Lipinski definition) is 1. The lowest BCUT2D eigenvalue weighted by molar-refractivity contribution is 0.617. The van der Waals surface area contributed by atoms with E-state index in [2.05, 4.69) is 44.3 Å². The fourth-order valence-electron chi connectivity index (χ4n) is 2.39. The Labute approximate surface area is 113 Å². The molecule has 0 unspecified atom stereocenters. The molecule has 18 heavy (non-hydrogen) atoms. The molecule has 0 radical (unpaired) electrons. The lowest BCUT2D eigenvalue weighted by atomic mass is 10.1. The van der Waals surface area contributed by atoms with Crippen molar-refractivity contribution in [3.63, 3.8) is 0 Å². The normalized spacial score (nSPS) is 10.6. The first kappa shape index (κ1) is 15.1. The van der Waals surface area contributed by atoms with Gasteiger partial charge in [-0.3, -0.25) is 0 Å². The van der Waals surface area contributed by atoms with Crippen molar-refractivity contribution < 1.29 is 0 Å². The fraction of sp³-hybridized carbons (Fsp3) is 0.647. The van der Waals surface area contributed by atoms with Crippen molar-refractivity contribution in [3.8, 4) is 0 Å². The van der Waals surface area contributed by atoms with Crippen molar-refractivity contribution in [3.05, 3.63) is 29.3 Å². The molecule has 0 aliphatic heterocycles. The number of para-hydroxylation sites is 1. The van der Waals surface area contributed by atoms with Gasteiger partial charge in [0.2, 0.25) is 0 Å². The van der Waals surface area contributed by atoms with E-state index in [-0.39, 0.29) is 0 Å². The van der Waals surface area contributed by atoms with Crippen LogP contribution in [0.25, 0.3) is 0 Å². The summed E-state index contributed by atoms with van der Waals surface area (Å²) >= 11 is 0. The van der Waals surface area contributed by atoms with Crippen molar-refractivity contribution in [2.24, 2.45) is 0 Å². The molecule has 0 aliphatic carbocycles. The van der Waals surface area contributed by atoms with Gasteiger partial charge in [-0.2, -0.15) is 0 Å². The molecule has 0 saturated heterocycles. The molecule has 0 fully saturated rings. The van der Waals surface area contributed by atoms with E-state index in [4.69, 9.17) is 0 Å². The molecule has 0 atom stereocenters. The van der Waals surface area contributed by atoms with E-state index in [9.17, 15) is 0 Å². The Morgan fingerprint density at radius 2 is 1.67 bits per heavy atom. The summed E-state index contributed by atoms with van der Waals surface area (Å²) in [6.45, 7) is 7.81. The summed E-state index contributed by atoms with van der Waals surface area (Å²) in [6, 6.07) is 6.59. The lowest BCUT2D eigenvalue weighted by Gasteiger charge is -2.13. The van der Waals surface area contributed by atoms with Crippen LogP contribution in [0.15, 0.2) is 18.2 Å². The number of benzene rings is 1. The number of rotatable bonds is 9. The Kier molecular flexibility index (Phi) is 7.55. The van der Waals surface area contributed by atoms with E-state index in [0.29, 0.717) is 0 Å². The fourth-order valence-corrected chi connectivity index (χ4v) is 2.39. The Hall–Kier alpha value is -0.980. The third kappa shape index (κ3) is 5.12. The van der Waals surface area contributed by atoms with Gasteiger partial charge in [0.15, 0.2) is 0 Å².